The first kappa shape index (κ1) is 25.9. The summed E-state index contributed by atoms with van der Waals surface area (Å²) in [5, 5.41) is 0. The lowest BCUT2D eigenvalue weighted by Crippen LogP contribution is -2.27. The topological polar surface area (TPSA) is 31.4 Å². The lowest BCUT2D eigenvalue weighted by molar-refractivity contribution is -0.206. The van der Waals surface area contributed by atoms with Crippen molar-refractivity contribution >= 4 is 0 Å². The Morgan fingerprint density at radius 3 is 2.27 bits per heavy atom. The third kappa shape index (κ3) is 7.93. The van der Waals surface area contributed by atoms with E-state index in [4.69, 9.17) is 14.5 Å². The van der Waals surface area contributed by atoms with Gasteiger partial charge in [0.1, 0.15) is 0 Å². The zero-order chi connectivity index (χ0) is 23.3. The predicted molar refractivity (Wildman–Crippen MR) is 138 cm³/mol. The van der Waals surface area contributed by atoms with Crippen molar-refractivity contribution in [1.29, 1.82) is 0 Å². The maximum Gasteiger partial charge on any atom is 0.185 e. The number of rotatable bonds is 14. The third-order valence-corrected chi connectivity index (χ3v) is 6.96. The van der Waals surface area contributed by atoms with Gasteiger partial charge in [0, 0.05) is 23.2 Å². The Kier molecular flexibility index (Phi) is 11.4. The molecule has 2 heterocycles. The van der Waals surface area contributed by atoms with E-state index in [-0.39, 0.29) is 6.29 Å². The van der Waals surface area contributed by atoms with Crippen molar-refractivity contribution in [2.24, 2.45) is 5.92 Å². The van der Waals surface area contributed by atoms with Crippen LogP contribution in [0.5, 0.6) is 0 Å². The largest absolute Gasteiger partial charge is 0.348 e. The van der Waals surface area contributed by atoms with E-state index in [1.165, 1.54) is 81.8 Å². The fraction of sp³-hybridized carbons (Fsp3) is 0.633. The number of unbranched alkanes of at least 4 members (excludes halogenated alkanes) is 5. The number of benzene rings is 1. The summed E-state index contributed by atoms with van der Waals surface area (Å²) in [7, 11) is 0. The predicted octanol–water partition coefficient (Wildman–Crippen LogP) is 8.84. The lowest BCUT2D eigenvalue weighted by Gasteiger charge is -2.29. The molecule has 1 atom stereocenters. The third-order valence-electron chi connectivity index (χ3n) is 6.96. The standard InChI is InChI=1S/C30H45NO2/c1-4-7-9-10-11-15-24-22-32-30(33-23-24)26-19-20-29(31-21-26)28-18-13-12-17-27(28)25(14-6-3)16-8-5-2/h12-13,17-21,24-25,30H,4-11,14-16,22-23H2,1-3H3/t24-,25?,30-. The number of nitrogens with zero attached hydrogens (tertiary/aromatic N) is 1. The highest BCUT2D eigenvalue weighted by Gasteiger charge is 2.24. The van der Waals surface area contributed by atoms with Gasteiger partial charge in [0.05, 0.1) is 18.9 Å². The number of ether oxygens (including phenoxy) is 2. The van der Waals surface area contributed by atoms with Gasteiger partial charge in [-0.25, -0.2) is 0 Å². The van der Waals surface area contributed by atoms with Crippen LogP contribution in [0.3, 0.4) is 0 Å². The average molecular weight is 452 g/mol. The Labute approximate surface area is 202 Å². The molecule has 3 rings (SSSR count). The Morgan fingerprint density at radius 2 is 1.58 bits per heavy atom. The Morgan fingerprint density at radius 1 is 0.818 bits per heavy atom. The first-order valence-electron chi connectivity index (χ1n) is 13.5. The van der Waals surface area contributed by atoms with Gasteiger partial charge in [0.25, 0.3) is 0 Å². The quantitative estimate of drug-likeness (QED) is 0.269. The molecule has 1 saturated heterocycles. The number of pyridine rings is 1. The summed E-state index contributed by atoms with van der Waals surface area (Å²) in [6.45, 7) is 8.41. The zero-order valence-corrected chi connectivity index (χ0v) is 21.2. The van der Waals surface area contributed by atoms with Gasteiger partial charge in [-0.05, 0) is 36.8 Å². The molecule has 1 unspecified atom stereocenters. The zero-order valence-electron chi connectivity index (χ0n) is 21.2. The summed E-state index contributed by atoms with van der Waals surface area (Å²) >= 11 is 0. The molecule has 1 aliphatic rings. The van der Waals surface area contributed by atoms with Gasteiger partial charge in [-0.15, -0.1) is 0 Å². The molecular weight excluding hydrogens is 406 g/mol. The molecule has 1 fully saturated rings. The summed E-state index contributed by atoms with van der Waals surface area (Å²) in [4.78, 5) is 4.84. The van der Waals surface area contributed by atoms with Crippen molar-refractivity contribution < 1.29 is 9.47 Å². The molecule has 182 valence electrons. The normalized spacial score (nSPS) is 19.5. The van der Waals surface area contributed by atoms with Gasteiger partial charge in [-0.3, -0.25) is 4.98 Å². The second-order valence-corrected chi connectivity index (χ2v) is 9.76. The summed E-state index contributed by atoms with van der Waals surface area (Å²) in [6, 6.07) is 13.1. The van der Waals surface area contributed by atoms with E-state index in [1.54, 1.807) is 0 Å². The van der Waals surface area contributed by atoms with Crippen LogP contribution in [0.25, 0.3) is 11.3 Å². The molecule has 0 radical (unpaired) electrons. The fourth-order valence-corrected chi connectivity index (χ4v) is 4.98. The summed E-state index contributed by atoms with van der Waals surface area (Å²) in [5.41, 5.74) is 4.79. The van der Waals surface area contributed by atoms with Crippen molar-refractivity contribution in [2.75, 3.05) is 13.2 Å². The van der Waals surface area contributed by atoms with E-state index < -0.39 is 0 Å². The monoisotopic (exact) mass is 451 g/mol. The second kappa shape index (κ2) is 14.5. The van der Waals surface area contributed by atoms with Gasteiger partial charge in [-0.2, -0.15) is 0 Å². The summed E-state index contributed by atoms with van der Waals surface area (Å²) in [6.07, 6.45) is 15.7. The first-order valence-corrected chi connectivity index (χ1v) is 13.5. The van der Waals surface area contributed by atoms with Gasteiger partial charge in [0.15, 0.2) is 6.29 Å². The fourth-order valence-electron chi connectivity index (χ4n) is 4.98. The molecule has 0 aliphatic carbocycles. The van der Waals surface area contributed by atoms with Gasteiger partial charge < -0.3 is 9.47 Å². The second-order valence-electron chi connectivity index (χ2n) is 9.76. The van der Waals surface area contributed by atoms with Crippen molar-refractivity contribution in [1.82, 2.24) is 4.98 Å². The summed E-state index contributed by atoms with van der Waals surface area (Å²) < 4.78 is 12.2. The van der Waals surface area contributed by atoms with Crippen molar-refractivity contribution in [3.63, 3.8) is 0 Å². The molecule has 1 aliphatic heterocycles. The molecule has 33 heavy (non-hydrogen) atoms. The molecule has 3 heteroatoms. The number of hydrogen-bond donors (Lipinski definition) is 0. The van der Waals surface area contributed by atoms with Crippen LogP contribution < -0.4 is 0 Å². The van der Waals surface area contributed by atoms with Crippen molar-refractivity contribution in [3.8, 4) is 11.3 Å². The lowest BCUT2D eigenvalue weighted by atomic mass is 9.86. The molecular formula is C30H45NO2. The SMILES string of the molecule is CCCCCCC[C@H]1CO[C@H](c2ccc(-c3ccccc3C(CCC)CCCC)nc2)OC1. The highest BCUT2D eigenvalue weighted by Crippen LogP contribution is 2.35. The first-order chi connectivity index (χ1) is 16.3. The van der Waals surface area contributed by atoms with Gasteiger partial charge in [0.2, 0.25) is 0 Å². The van der Waals surface area contributed by atoms with E-state index in [0.717, 1.165) is 24.5 Å². The van der Waals surface area contributed by atoms with Crippen molar-refractivity contribution in [3.05, 3.63) is 53.7 Å². The highest BCUT2D eigenvalue weighted by atomic mass is 16.7. The smallest absolute Gasteiger partial charge is 0.185 e. The number of hydrogen-bond acceptors (Lipinski definition) is 3. The molecule has 0 amide bonds. The van der Waals surface area contributed by atoms with E-state index in [0.29, 0.717) is 11.8 Å². The van der Waals surface area contributed by atoms with Crippen LogP contribution in [-0.4, -0.2) is 18.2 Å². The van der Waals surface area contributed by atoms with E-state index in [2.05, 4.69) is 57.2 Å². The van der Waals surface area contributed by atoms with Crippen LogP contribution in [0.15, 0.2) is 42.6 Å². The minimum Gasteiger partial charge on any atom is -0.348 e. The van der Waals surface area contributed by atoms with Crippen molar-refractivity contribution in [2.45, 2.75) is 104 Å². The highest BCUT2D eigenvalue weighted by molar-refractivity contribution is 5.64. The molecule has 3 nitrogen and oxygen atoms in total. The maximum atomic E-state index is 6.08. The maximum absolute atomic E-state index is 6.08. The Hall–Kier alpha value is -1.71. The van der Waals surface area contributed by atoms with E-state index >= 15 is 0 Å². The van der Waals surface area contributed by atoms with Crippen LogP contribution in [0.4, 0.5) is 0 Å². The van der Waals surface area contributed by atoms with Crippen LogP contribution in [0.2, 0.25) is 0 Å². The van der Waals surface area contributed by atoms with E-state index in [9.17, 15) is 0 Å². The molecule has 1 aromatic heterocycles. The Balaban J connectivity index is 1.59. The minimum absolute atomic E-state index is 0.282. The molecule has 2 aromatic rings. The Bertz CT molecular complexity index is 780. The molecule has 0 bridgehead atoms. The van der Waals surface area contributed by atoms with Gasteiger partial charge >= 0.3 is 0 Å². The average Bonchev–Trinajstić information content (AvgIpc) is 2.87. The summed E-state index contributed by atoms with van der Waals surface area (Å²) in [5.74, 6) is 1.14. The van der Waals surface area contributed by atoms with Gasteiger partial charge in [-0.1, -0.05) is 102 Å². The number of aromatic nitrogens is 1. The van der Waals surface area contributed by atoms with Crippen LogP contribution in [0.1, 0.15) is 115 Å². The van der Waals surface area contributed by atoms with Crippen LogP contribution >= 0.6 is 0 Å². The van der Waals surface area contributed by atoms with Crippen LogP contribution in [0, 0.1) is 5.92 Å². The molecule has 0 spiro atoms. The molecule has 1 aromatic carbocycles. The molecule has 0 N–H and O–H groups in total. The van der Waals surface area contributed by atoms with E-state index in [1.807, 2.05) is 6.20 Å². The molecule has 0 saturated carbocycles. The van der Waals surface area contributed by atoms with Crippen LogP contribution in [-0.2, 0) is 9.47 Å². The minimum atomic E-state index is -0.282.